The molecule has 140 valence electrons. The summed E-state index contributed by atoms with van der Waals surface area (Å²) in [6.07, 6.45) is 1.93. The molecule has 1 aliphatic heterocycles. The average Bonchev–Trinajstić information content (AvgIpc) is 2.97. The lowest BCUT2D eigenvalue weighted by Gasteiger charge is -2.23. The summed E-state index contributed by atoms with van der Waals surface area (Å²) < 4.78 is 0.613. The highest BCUT2D eigenvalue weighted by Gasteiger charge is 2.35. The number of hydrogen-bond acceptors (Lipinski definition) is 4. The van der Waals surface area contributed by atoms with Crippen molar-refractivity contribution in [3.63, 3.8) is 0 Å². The predicted octanol–water partition coefficient (Wildman–Crippen LogP) is 5.50. The quantitative estimate of drug-likeness (QED) is 0.475. The van der Waals surface area contributed by atoms with Gasteiger partial charge in [-0.05, 0) is 50.1 Å². The van der Waals surface area contributed by atoms with Crippen molar-refractivity contribution in [3.05, 3.63) is 70.6 Å². The van der Waals surface area contributed by atoms with Gasteiger partial charge in [0, 0.05) is 18.8 Å². The van der Waals surface area contributed by atoms with Crippen LogP contribution in [0.2, 0.25) is 0 Å². The Morgan fingerprint density at radius 1 is 1.07 bits per heavy atom. The summed E-state index contributed by atoms with van der Waals surface area (Å²) in [5, 5.41) is 0. The van der Waals surface area contributed by atoms with Gasteiger partial charge in [-0.2, -0.15) is 0 Å². The van der Waals surface area contributed by atoms with Crippen LogP contribution in [0.4, 0.5) is 5.69 Å². The van der Waals surface area contributed by atoms with E-state index < -0.39 is 0 Å². The average molecular weight is 397 g/mol. The van der Waals surface area contributed by atoms with E-state index in [1.54, 1.807) is 4.90 Å². The van der Waals surface area contributed by atoms with Crippen LogP contribution in [0.3, 0.4) is 0 Å². The van der Waals surface area contributed by atoms with E-state index in [2.05, 4.69) is 43.0 Å². The van der Waals surface area contributed by atoms with Crippen LogP contribution in [0, 0.1) is 0 Å². The van der Waals surface area contributed by atoms with Crippen LogP contribution >= 0.6 is 24.0 Å². The number of hydrogen-bond donors (Lipinski definition) is 0. The second-order valence-electron chi connectivity index (χ2n) is 6.40. The van der Waals surface area contributed by atoms with Gasteiger partial charge in [0.05, 0.1) is 10.9 Å². The summed E-state index contributed by atoms with van der Waals surface area (Å²) in [5.74, 6) is -0.0193. The van der Waals surface area contributed by atoms with E-state index in [1.165, 1.54) is 17.4 Å². The van der Waals surface area contributed by atoms with Crippen molar-refractivity contribution in [2.24, 2.45) is 0 Å². The van der Waals surface area contributed by atoms with E-state index in [0.29, 0.717) is 9.23 Å². The van der Waals surface area contributed by atoms with Crippen molar-refractivity contribution in [2.45, 2.75) is 26.8 Å². The Morgan fingerprint density at radius 2 is 1.70 bits per heavy atom. The molecule has 0 aromatic heterocycles. The fourth-order valence-electron chi connectivity index (χ4n) is 3.22. The monoisotopic (exact) mass is 396 g/mol. The Kier molecular flexibility index (Phi) is 6.34. The first-order chi connectivity index (χ1) is 13.0. The number of thioether (sulfide) groups is 1. The molecular formula is C22H24N2OS2. The number of thiocarbonyl (C=S) groups is 1. The molecule has 0 saturated carbocycles. The number of rotatable bonds is 6. The second kappa shape index (κ2) is 8.72. The van der Waals surface area contributed by atoms with Crippen LogP contribution in [-0.2, 0) is 4.79 Å². The van der Waals surface area contributed by atoms with E-state index in [1.807, 2.05) is 43.3 Å². The molecule has 1 fully saturated rings. The van der Waals surface area contributed by atoms with E-state index in [4.69, 9.17) is 12.2 Å². The Hall–Kier alpha value is -2.11. The molecule has 0 bridgehead atoms. The first-order valence-corrected chi connectivity index (χ1v) is 10.4. The van der Waals surface area contributed by atoms with Crippen molar-refractivity contribution in [2.75, 3.05) is 18.0 Å². The summed E-state index contributed by atoms with van der Waals surface area (Å²) in [6, 6.07) is 18.2. The molecule has 3 rings (SSSR count). The van der Waals surface area contributed by atoms with E-state index in [9.17, 15) is 4.79 Å². The standard InChI is InChI=1S/C22H24N2OS2/c1-4-23(5-2)19-13-11-17(12-14-19)15-20-21(25)24(22(26)27-20)16(3)18-9-7-6-8-10-18/h6-16H,4-5H2,1-3H3. The van der Waals surface area contributed by atoms with Crippen LogP contribution in [0.5, 0.6) is 0 Å². The van der Waals surface area contributed by atoms with Crippen molar-refractivity contribution in [1.29, 1.82) is 0 Å². The van der Waals surface area contributed by atoms with Crippen LogP contribution in [0.25, 0.3) is 6.08 Å². The Balaban J connectivity index is 1.80. The van der Waals surface area contributed by atoms with E-state index >= 15 is 0 Å². The Labute approximate surface area is 171 Å². The molecule has 1 amide bonds. The molecule has 27 heavy (non-hydrogen) atoms. The summed E-state index contributed by atoms with van der Waals surface area (Å²) in [7, 11) is 0. The number of benzene rings is 2. The van der Waals surface area contributed by atoms with Gasteiger partial charge in [0.15, 0.2) is 0 Å². The SMILES string of the molecule is CCN(CC)c1ccc(C=C2SC(=S)N(C(C)c3ccccc3)C2=O)cc1. The zero-order valence-corrected chi connectivity index (χ0v) is 17.5. The van der Waals surface area contributed by atoms with Gasteiger partial charge in [-0.1, -0.05) is 66.4 Å². The fourth-order valence-corrected chi connectivity index (χ4v) is 4.63. The zero-order valence-electron chi connectivity index (χ0n) is 15.9. The third-order valence-electron chi connectivity index (χ3n) is 4.81. The molecule has 1 atom stereocenters. The second-order valence-corrected chi connectivity index (χ2v) is 8.08. The fraction of sp³-hybridized carbons (Fsp3) is 0.273. The van der Waals surface area contributed by atoms with Gasteiger partial charge in [-0.15, -0.1) is 0 Å². The molecule has 3 nitrogen and oxygen atoms in total. The number of carbonyl (C=O) groups excluding carboxylic acids is 1. The summed E-state index contributed by atoms with van der Waals surface area (Å²) in [4.78, 5) is 17.6. The molecule has 2 aromatic carbocycles. The minimum atomic E-state index is -0.0744. The van der Waals surface area contributed by atoms with Crippen LogP contribution < -0.4 is 4.90 Å². The molecule has 2 aromatic rings. The van der Waals surface area contributed by atoms with E-state index in [0.717, 1.165) is 24.2 Å². The van der Waals surface area contributed by atoms with Gasteiger partial charge in [0.1, 0.15) is 4.32 Å². The highest BCUT2D eigenvalue weighted by molar-refractivity contribution is 8.26. The minimum absolute atomic E-state index is 0.0193. The van der Waals surface area contributed by atoms with Gasteiger partial charge in [-0.25, -0.2) is 0 Å². The van der Waals surface area contributed by atoms with Crippen molar-refractivity contribution in [1.82, 2.24) is 4.90 Å². The maximum absolute atomic E-state index is 12.9. The molecule has 1 heterocycles. The third-order valence-corrected chi connectivity index (χ3v) is 6.14. The van der Waals surface area contributed by atoms with Crippen LogP contribution in [-0.4, -0.2) is 28.2 Å². The van der Waals surface area contributed by atoms with Crippen molar-refractivity contribution < 1.29 is 4.79 Å². The van der Waals surface area contributed by atoms with Crippen LogP contribution in [0.15, 0.2) is 59.5 Å². The highest BCUT2D eigenvalue weighted by Crippen LogP contribution is 2.38. The first-order valence-electron chi connectivity index (χ1n) is 9.22. The van der Waals surface area contributed by atoms with Crippen LogP contribution in [0.1, 0.15) is 37.9 Å². The topological polar surface area (TPSA) is 23.6 Å². The largest absolute Gasteiger partial charge is 0.372 e. The highest BCUT2D eigenvalue weighted by atomic mass is 32.2. The molecule has 1 saturated heterocycles. The maximum atomic E-state index is 12.9. The lowest BCUT2D eigenvalue weighted by Crippen LogP contribution is -2.30. The third kappa shape index (κ3) is 4.25. The molecule has 0 N–H and O–H groups in total. The molecule has 0 aliphatic carbocycles. The van der Waals surface area contributed by atoms with Gasteiger partial charge in [-0.3, -0.25) is 9.69 Å². The number of anilines is 1. The molecular weight excluding hydrogens is 372 g/mol. The van der Waals surface area contributed by atoms with E-state index in [-0.39, 0.29) is 11.9 Å². The molecule has 1 aliphatic rings. The predicted molar refractivity (Wildman–Crippen MR) is 120 cm³/mol. The maximum Gasteiger partial charge on any atom is 0.266 e. The summed E-state index contributed by atoms with van der Waals surface area (Å²) in [6.45, 7) is 8.27. The Morgan fingerprint density at radius 3 is 2.30 bits per heavy atom. The molecule has 1 unspecified atom stereocenters. The number of carbonyl (C=O) groups is 1. The van der Waals surface area contributed by atoms with Gasteiger partial charge < -0.3 is 4.90 Å². The number of amides is 1. The zero-order chi connectivity index (χ0) is 19.4. The summed E-state index contributed by atoms with van der Waals surface area (Å²) >= 11 is 6.87. The minimum Gasteiger partial charge on any atom is -0.372 e. The lowest BCUT2D eigenvalue weighted by atomic mass is 10.1. The van der Waals surface area contributed by atoms with Gasteiger partial charge >= 0.3 is 0 Å². The molecule has 0 spiro atoms. The molecule has 5 heteroatoms. The lowest BCUT2D eigenvalue weighted by molar-refractivity contribution is -0.123. The van der Waals surface area contributed by atoms with Gasteiger partial charge in [0.25, 0.3) is 5.91 Å². The van der Waals surface area contributed by atoms with Gasteiger partial charge in [0.2, 0.25) is 0 Å². The Bertz CT molecular complexity index is 842. The summed E-state index contributed by atoms with van der Waals surface area (Å²) in [5.41, 5.74) is 3.29. The van der Waals surface area contributed by atoms with Crippen molar-refractivity contribution >= 4 is 46.0 Å². The smallest absolute Gasteiger partial charge is 0.266 e. The molecule has 0 radical (unpaired) electrons. The normalized spacial score (nSPS) is 16.9. The number of nitrogens with zero attached hydrogens (tertiary/aromatic N) is 2. The first kappa shape index (κ1) is 19.6. The van der Waals surface area contributed by atoms with Crippen molar-refractivity contribution in [3.8, 4) is 0 Å².